The maximum Gasteiger partial charge on any atom is 0.224 e. The molecule has 1 aromatic carbocycles. The zero-order chi connectivity index (χ0) is 15.3. The summed E-state index contributed by atoms with van der Waals surface area (Å²) >= 11 is 5.87. The Hall–Kier alpha value is -1.81. The second kappa shape index (κ2) is 6.76. The van der Waals surface area contributed by atoms with Crippen molar-refractivity contribution in [3.63, 3.8) is 0 Å². The number of hydrogen-bond donors (Lipinski definition) is 2. The molecule has 1 aromatic heterocycles. The van der Waals surface area contributed by atoms with Crippen LogP contribution in [-0.4, -0.2) is 22.1 Å². The molecule has 2 N–H and O–H groups in total. The first-order chi connectivity index (χ1) is 9.92. The number of nitrogens with zero attached hydrogens (tertiary/aromatic N) is 2. The van der Waals surface area contributed by atoms with E-state index in [1.165, 1.54) is 5.56 Å². The topological polar surface area (TPSA) is 49.8 Å². The van der Waals surface area contributed by atoms with E-state index in [1.807, 2.05) is 30.3 Å². The molecule has 0 aliphatic rings. The van der Waals surface area contributed by atoms with Crippen LogP contribution >= 0.6 is 11.6 Å². The van der Waals surface area contributed by atoms with Crippen LogP contribution in [0.5, 0.6) is 0 Å². The Kier molecular flexibility index (Phi) is 5.02. The molecule has 0 spiro atoms. The maximum atomic E-state index is 5.87. The molecule has 0 amide bonds. The zero-order valence-corrected chi connectivity index (χ0v) is 13.4. The van der Waals surface area contributed by atoms with E-state index in [2.05, 4.69) is 41.4 Å². The number of hydrogen-bond acceptors (Lipinski definition) is 4. The lowest BCUT2D eigenvalue weighted by Gasteiger charge is -2.21. The smallest absolute Gasteiger partial charge is 0.224 e. The van der Waals surface area contributed by atoms with Crippen LogP contribution in [-0.2, 0) is 6.42 Å². The van der Waals surface area contributed by atoms with Gasteiger partial charge in [-0.1, -0.05) is 23.7 Å². The Bertz CT molecular complexity index is 576. The van der Waals surface area contributed by atoms with Gasteiger partial charge in [-0.15, -0.1) is 0 Å². The highest BCUT2D eigenvalue weighted by molar-refractivity contribution is 6.30. The van der Waals surface area contributed by atoms with Gasteiger partial charge in [-0.3, -0.25) is 0 Å². The fraction of sp³-hybridized carbons (Fsp3) is 0.375. The Morgan fingerprint density at radius 2 is 1.81 bits per heavy atom. The molecule has 1 heterocycles. The van der Waals surface area contributed by atoms with Gasteiger partial charge in [0, 0.05) is 23.3 Å². The molecule has 0 fully saturated rings. The predicted molar refractivity (Wildman–Crippen MR) is 89.1 cm³/mol. The van der Waals surface area contributed by atoms with Crippen LogP contribution in [0.2, 0.25) is 5.02 Å². The van der Waals surface area contributed by atoms with E-state index in [0.717, 1.165) is 23.8 Å². The molecule has 0 saturated heterocycles. The largest absolute Gasteiger partial charge is 0.365 e. The molecule has 2 rings (SSSR count). The molecular formula is C16H21ClN4. The first-order valence-corrected chi connectivity index (χ1v) is 7.40. The number of aromatic nitrogens is 2. The number of nitrogens with one attached hydrogen (secondary N) is 2. The highest BCUT2D eigenvalue weighted by Gasteiger charge is 2.10. The van der Waals surface area contributed by atoms with E-state index in [0.29, 0.717) is 5.95 Å². The molecule has 0 bridgehead atoms. The molecule has 21 heavy (non-hydrogen) atoms. The van der Waals surface area contributed by atoms with Crippen LogP contribution in [0.25, 0.3) is 0 Å². The summed E-state index contributed by atoms with van der Waals surface area (Å²) in [6.07, 6.45) is 2.66. The van der Waals surface area contributed by atoms with Crippen molar-refractivity contribution < 1.29 is 0 Å². The van der Waals surface area contributed by atoms with Gasteiger partial charge in [0.05, 0.1) is 0 Å². The van der Waals surface area contributed by atoms with E-state index in [9.17, 15) is 0 Å². The van der Waals surface area contributed by atoms with E-state index in [4.69, 9.17) is 11.6 Å². The predicted octanol–water partition coefficient (Wildman–Crippen LogP) is 4.00. The third kappa shape index (κ3) is 5.60. The first kappa shape index (κ1) is 15.6. The Labute approximate surface area is 131 Å². The Balaban J connectivity index is 1.88. The van der Waals surface area contributed by atoms with Crippen molar-refractivity contribution in [2.75, 3.05) is 17.2 Å². The lowest BCUT2D eigenvalue weighted by molar-refractivity contribution is 0.630. The van der Waals surface area contributed by atoms with E-state index in [-0.39, 0.29) is 5.54 Å². The third-order valence-electron chi connectivity index (χ3n) is 2.77. The molecular weight excluding hydrogens is 284 g/mol. The van der Waals surface area contributed by atoms with Crippen molar-refractivity contribution in [2.24, 2.45) is 0 Å². The lowest BCUT2D eigenvalue weighted by Crippen LogP contribution is -2.26. The summed E-state index contributed by atoms with van der Waals surface area (Å²) in [4.78, 5) is 8.68. The molecule has 0 unspecified atom stereocenters. The first-order valence-electron chi connectivity index (χ1n) is 7.02. The van der Waals surface area contributed by atoms with Gasteiger partial charge in [0.25, 0.3) is 0 Å². The Morgan fingerprint density at radius 1 is 1.10 bits per heavy atom. The summed E-state index contributed by atoms with van der Waals surface area (Å²) in [7, 11) is 0. The summed E-state index contributed by atoms with van der Waals surface area (Å²) < 4.78 is 0. The molecule has 5 heteroatoms. The standard InChI is InChI=1S/C16H21ClN4/c1-16(2,3)21-14-9-11-19-15(20-14)18-10-8-12-4-6-13(17)7-5-12/h4-7,9,11H,8,10H2,1-3H3,(H2,18,19,20,21). The van der Waals surface area contributed by atoms with Crippen molar-refractivity contribution in [1.82, 2.24) is 9.97 Å². The second-order valence-corrected chi connectivity index (χ2v) is 6.38. The van der Waals surface area contributed by atoms with Gasteiger partial charge in [0.1, 0.15) is 5.82 Å². The fourth-order valence-corrected chi connectivity index (χ4v) is 1.99. The lowest BCUT2D eigenvalue weighted by atomic mass is 10.1. The minimum absolute atomic E-state index is 0.0189. The summed E-state index contributed by atoms with van der Waals surface area (Å²) in [5.74, 6) is 1.46. The minimum Gasteiger partial charge on any atom is -0.365 e. The maximum absolute atomic E-state index is 5.87. The van der Waals surface area contributed by atoms with Crippen LogP contribution in [0.4, 0.5) is 11.8 Å². The molecule has 0 aliphatic heterocycles. The second-order valence-electron chi connectivity index (χ2n) is 5.94. The van der Waals surface area contributed by atoms with Crippen molar-refractivity contribution in [3.05, 3.63) is 47.1 Å². The summed E-state index contributed by atoms with van der Waals surface area (Å²) in [5.41, 5.74) is 1.21. The summed E-state index contributed by atoms with van der Waals surface area (Å²) in [6.45, 7) is 7.08. The highest BCUT2D eigenvalue weighted by Crippen LogP contribution is 2.13. The molecule has 0 aliphatic carbocycles. The molecule has 2 aromatic rings. The normalized spacial score (nSPS) is 11.2. The van der Waals surface area contributed by atoms with Crippen LogP contribution in [0.3, 0.4) is 0 Å². The van der Waals surface area contributed by atoms with Gasteiger partial charge in [0.2, 0.25) is 5.95 Å². The molecule has 0 saturated carbocycles. The van der Waals surface area contributed by atoms with Crippen molar-refractivity contribution >= 4 is 23.4 Å². The average molecular weight is 305 g/mol. The van der Waals surface area contributed by atoms with E-state index in [1.54, 1.807) is 6.20 Å². The highest BCUT2D eigenvalue weighted by atomic mass is 35.5. The fourth-order valence-electron chi connectivity index (χ4n) is 1.87. The van der Waals surface area contributed by atoms with Gasteiger partial charge < -0.3 is 10.6 Å². The molecule has 0 atom stereocenters. The van der Waals surface area contributed by atoms with Crippen LogP contribution in [0.1, 0.15) is 26.3 Å². The van der Waals surface area contributed by atoms with Gasteiger partial charge in [-0.2, -0.15) is 4.98 Å². The average Bonchev–Trinajstić information content (AvgIpc) is 2.39. The quantitative estimate of drug-likeness (QED) is 0.877. The van der Waals surface area contributed by atoms with Gasteiger partial charge in [0.15, 0.2) is 0 Å². The van der Waals surface area contributed by atoms with Crippen molar-refractivity contribution in [3.8, 4) is 0 Å². The summed E-state index contributed by atoms with van der Waals surface area (Å²) in [5, 5.41) is 7.33. The zero-order valence-electron chi connectivity index (χ0n) is 12.7. The molecule has 112 valence electrons. The molecule has 4 nitrogen and oxygen atoms in total. The SMILES string of the molecule is CC(C)(C)Nc1ccnc(NCCc2ccc(Cl)cc2)n1. The third-order valence-corrected chi connectivity index (χ3v) is 3.02. The van der Waals surface area contributed by atoms with Crippen molar-refractivity contribution in [2.45, 2.75) is 32.7 Å². The number of anilines is 2. The van der Waals surface area contributed by atoms with E-state index < -0.39 is 0 Å². The number of rotatable bonds is 5. The minimum atomic E-state index is -0.0189. The van der Waals surface area contributed by atoms with Crippen molar-refractivity contribution in [1.29, 1.82) is 0 Å². The Morgan fingerprint density at radius 3 is 2.48 bits per heavy atom. The van der Waals surface area contributed by atoms with Gasteiger partial charge in [-0.25, -0.2) is 4.98 Å². The van der Waals surface area contributed by atoms with E-state index >= 15 is 0 Å². The van der Waals surface area contributed by atoms with Gasteiger partial charge >= 0.3 is 0 Å². The van der Waals surface area contributed by atoms with Crippen LogP contribution < -0.4 is 10.6 Å². The summed E-state index contributed by atoms with van der Waals surface area (Å²) in [6, 6.07) is 9.74. The number of benzene rings is 1. The van der Waals surface area contributed by atoms with Gasteiger partial charge in [-0.05, 0) is 51.0 Å². The molecule has 0 radical (unpaired) electrons. The number of halogens is 1. The monoisotopic (exact) mass is 304 g/mol. The van der Waals surface area contributed by atoms with Crippen LogP contribution in [0.15, 0.2) is 36.5 Å². The van der Waals surface area contributed by atoms with Crippen LogP contribution in [0, 0.1) is 0 Å².